The maximum Gasteiger partial charge on any atom is 0.337 e. The number of nitrogens with zero attached hydrogens (tertiary/aromatic N) is 2. The number of aryl methyl sites for hydroxylation is 1. The molecule has 0 spiro atoms. The molecule has 1 aliphatic heterocycles. The average molecular weight is 493 g/mol. The number of carbonyl (C=O) groups excluding carboxylic acids is 3. The fourth-order valence-electron chi connectivity index (χ4n) is 3.66. The number of hydrogen-bond acceptors (Lipinski definition) is 6. The van der Waals surface area contributed by atoms with Gasteiger partial charge in [0.25, 0.3) is 5.91 Å². The Bertz CT molecular complexity index is 1100. The summed E-state index contributed by atoms with van der Waals surface area (Å²) in [4.78, 5) is 45.2. The van der Waals surface area contributed by atoms with Gasteiger partial charge < -0.3 is 24.7 Å². The normalized spacial score (nSPS) is 18.2. The third kappa shape index (κ3) is 5.81. The molecule has 2 unspecified atom stereocenters. The van der Waals surface area contributed by atoms with Crippen LogP contribution >= 0.6 is 11.6 Å². The lowest BCUT2D eigenvalue weighted by Crippen LogP contribution is -2.55. The van der Waals surface area contributed by atoms with Crippen molar-refractivity contribution in [2.45, 2.75) is 31.9 Å². The van der Waals surface area contributed by atoms with E-state index >= 15 is 0 Å². The van der Waals surface area contributed by atoms with Gasteiger partial charge in [-0.05, 0) is 31.1 Å². The van der Waals surface area contributed by atoms with Gasteiger partial charge in [-0.1, -0.05) is 24.6 Å². The molecule has 0 bridgehead atoms. The molecule has 2 amide bonds. The number of rotatable bonds is 7. The maximum absolute atomic E-state index is 14.3. The summed E-state index contributed by atoms with van der Waals surface area (Å²) in [7, 11) is 2.72. The number of hydrogen-bond donors (Lipinski definition) is 2. The van der Waals surface area contributed by atoms with Gasteiger partial charge in [0.1, 0.15) is 5.82 Å². The molecule has 1 fully saturated rings. The zero-order valence-corrected chi connectivity index (χ0v) is 19.8. The molecule has 11 heteroatoms. The smallest absolute Gasteiger partial charge is 0.337 e. The van der Waals surface area contributed by atoms with Crippen molar-refractivity contribution in [1.29, 1.82) is 0 Å². The number of benzene rings is 1. The van der Waals surface area contributed by atoms with Crippen molar-refractivity contribution in [1.82, 2.24) is 20.2 Å². The topological polar surface area (TPSA) is 114 Å². The Morgan fingerprint density at radius 2 is 2.12 bits per heavy atom. The lowest BCUT2D eigenvalue weighted by atomic mass is 10.0. The number of aromatic nitrogens is 2. The zero-order valence-electron chi connectivity index (χ0n) is 19.1. The van der Waals surface area contributed by atoms with Crippen LogP contribution in [0, 0.1) is 5.82 Å². The van der Waals surface area contributed by atoms with Crippen molar-refractivity contribution in [2.75, 3.05) is 27.3 Å². The van der Waals surface area contributed by atoms with E-state index in [2.05, 4.69) is 20.0 Å². The lowest BCUT2D eigenvalue weighted by Gasteiger charge is -2.37. The summed E-state index contributed by atoms with van der Waals surface area (Å²) in [5, 5.41) is 3.15. The molecule has 1 aromatic heterocycles. The van der Waals surface area contributed by atoms with E-state index in [4.69, 9.17) is 16.3 Å². The first-order chi connectivity index (χ1) is 16.3. The number of esters is 1. The summed E-state index contributed by atoms with van der Waals surface area (Å²) >= 11 is 6.01. The van der Waals surface area contributed by atoms with Gasteiger partial charge in [-0.3, -0.25) is 9.59 Å². The molecule has 34 heavy (non-hydrogen) atoms. The van der Waals surface area contributed by atoms with Crippen LogP contribution in [-0.4, -0.2) is 72.1 Å². The fraction of sp³-hybridized carbons (Fsp3) is 0.391. The molecule has 2 N–H and O–H groups in total. The Kier molecular flexibility index (Phi) is 8.41. The molecule has 2 heterocycles. The lowest BCUT2D eigenvalue weighted by molar-refractivity contribution is -0.130. The summed E-state index contributed by atoms with van der Waals surface area (Å²) in [5.41, 5.74) is 0.923. The molecule has 0 saturated carbocycles. The fourth-order valence-corrected chi connectivity index (χ4v) is 3.93. The van der Waals surface area contributed by atoms with E-state index in [1.165, 1.54) is 38.5 Å². The number of H-pyrrole nitrogens is 1. The van der Waals surface area contributed by atoms with Crippen molar-refractivity contribution >= 4 is 35.5 Å². The molecule has 2 aromatic rings. The Morgan fingerprint density at radius 3 is 2.74 bits per heavy atom. The third-order valence-electron chi connectivity index (χ3n) is 5.61. The molecule has 9 nitrogen and oxygen atoms in total. The highest BCUT2D eigenvalue weighted by atomic mass is 35.5. The minimum atomic E-state index is -0.646. The van der Waals surface area contributed by atoms with Crippen molar-refractivity contribution < 1.29 is 28.2 Å². The summed E-state index contributed by atoms with van der Waals surface area (Å²) in [6.07, 6.45) is 3.25. The number of amides is 2. The second-order valence-corrected chi connectivity index (χ2v) is 8.05. The van der Waals surface area contributed by atoms with Crippen molar-refractivity contribution in [3.8, 4) is 0 Å². The Labute approximate surface area is 201 Å². The average Bonchev–Trinajstić information content (AvgIpc) is 3.23. The molecule has 1 aromatic carbocycles. The van der Waals surface area contributed by atoms with Gasteiger partial charge in [0, 0.05) is 31.8 Å². The second kappa shape index (κ2) is 11.3. The minimum absolute atomic E-state index is 0.0817. The molecule has 0 aliphatic carbocycles. The minimum Gasteiger partial charge on any atom is -0.465 e. The van der Waals surface area contributed by atoms with Crippen LogP contribution in [0.2, 0.25) is 5.15 Å². The van der Waals surface area contributed by atoms with Gasteiger partial charge in [-0.2, -0.15) is 0 Å². The van der Waals surface area contributed by atoms with Gasteiger partial charge in [0.2, 0.25) is 5.91 Å². The molecular weight excluding hydrogens is 467 g/mol. The van der Waals surface area contributed by atoms with Crippen LogP contribution < -0.4 is 5.32 Å². The van der Waals surface area contributed by atoms with Crippen LogP contribution in [0.25, 0.3) is 6.08 Å². The van der Waals surface area contributed by atoms with E-state index in [9.17, 15) is 18.8 Å². The van der Waals surface area contributed by atoms with Crippen LogP contribution in [0.1, 0.15) is 45.6 Å². The maximum atomic E-state index is 14.3. The van der Waals surface area contributed by atoms with E-state index in [0.29, 0.717) is 25.1 Å². The van der Waals surface area contributed by atoms with Crippen LogP contribution in [0.15, 0.2) is 24.3 Å². The van der Waals surface area contributed by atoms with Crippen LogP contribution in [0.3, 0.4) is 0 Å². The van der Waals surface area contributed by atoms with Crippen LogP contribution in [-0.2, 0) is 20.7 Å². The monoisotopic (exact) mass is 492 g/mol. The van der Waals surface area contributed by atoms with Crippen molar-refractivity contribution in [2.24, 2.45) is 0 Å². The van der Waals surface area contributed by atoms with E-state index in [0.717, 1.165) is 6.07 Å². The van der Waals surface area contributed by atoms with Gasteiger partial charge in [-0.15, -0.1) is 0 Å². The molecule has 1 saturated heterocycles. The first-order valence-electron chi connectivity index (χ1n) is 10.7. The largest absolute Gasteiger partial charge is 0.465 e. The first-order valence-corrected chi connectivity index (χ1v) is 11.1. The van der Waals surface area contributed by atoms with Gasteiger partial charge in [-0.25, -0.2) is 14.2 Å². The number of nitrogens with one attached hydrogen (secondary N) is 2. The summed E-state index contributed by atoms with van der Waals surface area (Å²) < 4.78 is 24.3. The van der Waals surface area contributed by atoms with E-state index in [1.54, 1.807) is 4.90 Å². The highest BCUT2D eigenvalue weighted by Gasteiger charge is 2.32. The molecule has 3 rings (SSSR count). The number of halogens is 2. The molecular formula is C23H26ClFN4O5. The third-order valence-corrected chi connectivity index (χ3v) is 5.93. The second-order valence-electron chi connectivity index (χ2n) is 7.70. The van der Waals surface area contributed by atoms with Crippen LogP contribution in [0.4, 0.5) is 4.39 Å². The first kappa shape index (κ1) is 25.4. The molecule has 182 valence electrons. The van der Waals surface area contributed by atoms with Gasteiger partial charge >= 0.3 is 5.97 Å². The SMILES string of the molecule is CCc1[nH]c(C(=O)NC2CCN(C(=O)C=Cc3ccc(C(=O)OC)cc3F)CC2OC)nc1Cl. The highest BCUT2D eigenvalue weighted by molar-refractivity contribution is 6.30. The van der Waals surface area contributed by atoms with Gasteiger partial charge in [0.15, 0.2) is 11.0 Å². The zero-order chi connectivity index (χ0) is 24.8. The Morgan fingerprint density at radius 1 is 1.35 bits per heavy atom. The number of imidazole rings is 1. The van der Waals surface area contributed by atoms with Gasteiger partial charge in [0.05, 0.1) is 30.5 Å². The Balaban J connectivity index is 1.61. The number of aromatic amines is 1. The predicted octanol–water partition coefficient (Wildman–Crippen LogP) is 2.61. The quantitative estimate of drug-likeness (QED) is 0.453. The number of ether oxygens (including phenoxy) is 2. The standard InChI is InChI=1S/C23H26ClFN4O5/c1-4-16-20(24)28-21(26-16)22(31)27-17-9-10-29(12-18(17)33-2)19(30)8-7-13-5-6-14(11-15(13)25)23(32)34-3/h5-8,11,17-18H,4,9-10,12H2,1-3H3,(H,26,28)(H,27,31). The van der Waals surface area contributed by atoms with E-state index in [-0.39, 0.29) is 40.6 Å². The number of piperidine rings is 1. The van der Waals surface area contributed by atoms with Crippen molar-refractivity contribution in [3.05, 3.63) is 57.9 Å². The summed E-state index contributed by atoms with van der Waals surface area (Å²) in [5.74, 6) is -1.90. The molecule has 1 aliphatic rings. The number of carbonyl (C=O) groups is 3. The van der Waals surface area contributed by atoms with E-state index in [1.807, 2.05) is 6.92 Å². The van der Waals surface area contributed by atoms with E-state index < -0.39 is 23.8 Å². The van der Waals surface area contributed by atoms with Crippen molar-refractivity contribution in [3.63, 3.8) is 0 Å². The Hall–Kier alpha value is -3.24. The summed E-state index contributed by atoms with van der Waals surface area (Å²) in [6.45, 7) is 2.51. The van der Waals surface area contributed by atoms with Crippen LogP contribution in [0.5, 0.6) is 0 Å². The molecule has 0 radical (unpaired) electrons. The number of likely N-dealkylation sites (tertiary alicyclic amines) is 1. The molecule has 2 atom stereocenters. The highest BCUT2D eigenvalue weighted by Crippen LogP contribution is 2.18. The summed E-state index contributed by atoms with van der Waals surface area (Å²) in [6, 6.07) is 3.54. The number of methoxy groups -OCH3 is 2. The predicted molar refractivity (Wildman–Crippen MR) is 123 cm³/mol.